The normalized spacial score (nSPS) is 10.4. The van der Waals surface area contributed by atoms with Crippen molar-refractivity contribution in [3.63, 3.8) is 0 Å². The van der Waals surface area contributed by atoms with E-state index < -0.39 is 0 Å². The van der Waals surface area contributed by atoms with Crippen LogP contribution in [0.5, 0.6) is 0 Å². The highest BCUT2D eigenvalue weighted by Crippen LogP contribution is 2.26. The predicted octanol–water partition coefficient (Wildman–Crippen LogP) is 5.07. The maximum Gasteiger partial charge on any atom is 0.169 e. The summed E-state index contributed by atoms with van der Waals surface area (Å²) in [7, 11) is 0. The Morgan fingerprint density at radius 2 is 2.00 bits per heavy atom. The second-order valence-corrected chi connectivity index (χ2v) is 5.23. The average molecular weight is 365 g/mol. The van der Waals surface area contributed by atoms with Gasteiger partial charge in [0.15, 0.2) is 4.67 Å². The van der Waals surface area contributed by atoms with Gasteiger partial charge >= 0.3 is 0 Å². The van der Waals surface area contributed by atoms with Crippen LogP contribution in [0.2, 0.25) is 5.02 Å². The van der Waals surface area contributed by atoms with Gasteiger partial charge in [0, 0.05) is 10.2 Å². The van der Waals surface area contributed by atoms with Crippen LogP contribution in [0.4, 0.5) is 5.69 Å². The van der Waals surface area contributed by atoms with E-state index in [-0.39, 0.29) is 0 Å². The van der Waals surface area contributed by atoms with Gasteiger partial charge in [-0.3, -0.25) is 0 Å². The first-order valence-electron chi connectivity index (χ1n) is 4.58. The van der Waals surface area contributed by atoms with Crippen LogP contribution in [0, 0.1) is 0 Å². The second-order valence-electron chi connectivity index (χ2n) is 3.19. The summed E-state index contributed by atoms with van der Waals surface area (Å²) in [6.45, 7) is 0.629. The Labute approximate surface area is 115 Å². The molecule has 0 spiro atoms. The minimum absolute atomic E-state index is 0.629. The topological polar surface area (TPSA) is 25.2 Å². The highest BCUT2D eigenvalue weighted by molar-refractivity contribution is 9.10. The van der Waals surface area contributed by atoms with E-state index in [1.165, 1.54) is 0 Å². The maximum absolute atomic E-state index is 5.98. The summed E-state index contributed by atoms with van der Waals surface area (Å²) >= 11 is 12.6. The van der Waals surface area contributed by atoms with Gasteiger partial charge in [-0.15, -0.1) is 0 Å². The minimum atomic E-state index is 0.629. The van der Waals surface area contributed by atoms with Crippen LogP contribution in [0.1, 0.15) is 5.76 Å². The number of benzene rings is 1. The third-order valence-electron chi connectivity index (χ3n) is 2.02. The first kappa shape index (κ1) is 12.0. The highest BCUT2D eigenvalue weighted by Gasteiger charge is 2.01. The van der Waals surface area contributed by atoms with Crippen LogP contribution >= 0.6 is 43.5 Å². The monoisotopic (exact) mass is 363 g/mol. The summed E-state index contributed by atoms with van der Waals surface area (Å²) in [6, 6.07) is 9.50. The van der Waals surface area contributed by atoms with Gasteiger partial charge in [0.2, 0.25) is 0 Å². The molecule has 5 heteroatoms. The predicted molar refractivity (Wildman–Crippen MR) is 72.9 cm³/mol. The van der Waals surface area contributed by atoms with Gasteiger partial charge in [-0.05, 0) is 62.2 Å². The van der Waals surface area contributed by atoms with Crippen LogP contribution in [-0.4, -0.2) is 0 Å². The number of hydrogen-bond acceptors (Lipinski definition) is 2. The zero-order chi connectivity index (χ0) is 11.5. The van der Waals surface area contributed by atoms with E-state index in [9.17, 15) is 0 Å². The van der Waals surface area contributed by atoms with Crippen LogP contribution in [0.3, 0.4) is 0 Å². The SMILES string of the molecule is Clc1cc(NCc2ccc(Br)o2)ccc1Br. The Kier molecular flexibility index (Phi) is 3.95. The Hall–Kier alpha value is -0.450. The molecule has 0 saturated heterocycles. The molecule has 0 bridgehead atoms. The van der Waals surface area contributed by atoms with Crippen LogP contribution < -0.4 is 5.32 Å². The van der Waals surface area contributed by atoms with Gasteiger partial charge in [0.25, 0.3) is 0 Å². The van der Waals surface area contributed by atoms with Gasteiger partial charge in [0.05, 0.1) is 11.6 Å². The molecule has 2 aromatic rings. The standard InChI is InChI=1S/C11H8Br2ClNO/c12-9-3-1-7(5-10(9)14)15-6-8-2-4-11(13)16-8/h1-5,15H,6H2. The maximum atomic E-state index is 5.98. The van der Waals surface area contributed by atoms with E-state index in [0.29, 0.717) is 11.6 Å². The molecule has 1 aromatic heterocycles. The van der Waals surface area contributed by atoms with Gasteiger partial charge in [-0.25, -0.2) is 0 Å². The molecule has 0 radical (unpaired) electrons. The Morgan fingerprint density at radius 1 is 1.19 bits per heavy atom. The molecule has 0 aliphatic heterocycles. The van der Waals surface area contributed by atoms with Crippen molar-refractivity contribution >= 4 is 49.1 Å². The Bertz CT molecular complexity index is 498. The third-order valence-corrected chi connectivity index (χ3v) is 3.67. The van der Waals surface area contributed by atoms with E-state index in [0.717, 1.165) is 20.6 Å². The fraction of sp³-hybridized carbons (Fsp3) is 0.0909. The lowest BCUT2D eigenvalue weighted by Gasteiger charge is -2.05. The van der Waals surface area contributed by atoms with Crippen molar-refractivity contribution in [3.8, 4) is 0 Å². The van der Waals surface area contributed by atoms with E-state index in [1.54, 1.807) is 0 Å². The highest BCUT2D eigenvalue weighted by atomic mass is 79.9. The largest absolute Gasteiger partial charge is 0.452 e. The molecule has 0 fully saturated rings. The lowest BCUT2D eigenvalue weighted by molar-refractivity contribution is 0.495. The molecule has 2 nitrogen and oxygen atoms in total. The van der Waals surface area contributed by atoms with Crippen molar-refractivity contribution in [2.45, 2.75) is 6.54 Å². The molecule has 84 valence electrons. The summed E-state index contributed by atoms with van der Waals surface area (Å²) < 4.78 is 6.99. The minimum Gasteiger partial charge on any atom is -0.452 e. The zero-order valence-corrected chi connectivity index (χ0v) is 12.1. The number of anilines is 1. The number of hydrogen-bond donors (Lipinski definition) is 1. The lowest BCUT2D eigenvalue weighted by Crippen LogP contribution is -1.97. The summed E-state index contributed by atoms with van der Waals surface area (Å²) in [5, 5.41) is 3.91. The van der Waals surface area contributed by atoms with Crippen molar-refractivity contribution in [2.75, 3.05) is 5.32 Å². The molecule has 0 aliphatic carbocycles. The quantitative estimate of drug-likeness (QED) is 0.821. The molecule has 0 aliphatic rings. The van der Waals surface area contributed by atoms with E-state index in [1.807, 2.05) is 30.3 Å². The summed E-state index contributed by atoms with van der Waals surface area (Å²) in [5.74, 6) is 0.867. The molecule has 0 saturated carbocycles. The summed E-state index contributed by atoms with van der Waals surface area (Å²) in [6.07, 6.45) is 0. The first-order chi connectivity index (χ1) is 7.65. The van der Waals surface area contributed by atoms with E-state index >= 15 is 0 Å². The number of furan rings is 1. The number of halogens is 3. The molecule has 1 N–H and O–H groups in total. The van der Waals surface area contributed by atoms with E-state index in [4.69, 9.17) is 16.0 Å². The van der Waals surface area contributed by atoms with Gasteiger partial charge in [-0.2, -0.15) is 0 Å². The van der Waals surface area contributed by atoms with Crippen LogP contribution in [0.15, 0.2) is 43.9 Å². The third kappa shape index (κ3) is 3.03. The smallest absolute Gasteiger partial charge is 0.169 e. The van der Waals surface area contributed by atoms with Gasteiger partial charge < -0.3 is 9.73 Å². The molecular formula is C11H8Br2ClNO. The molecule has 0 atom stereocenters. The van der Waals surface area contributed by atoms with Crippen LogP contribution in [-0.2, 0) is 6.54 Å². The zero-order valence-electron chi connectivity index (χ0n) is 8.14. The number of rotatable bonds is 3. The molecular weight excluding hydrogens is 357 g/mol. The van der Waals surface area contributed by atoms with Crippen molar-refractivity contribution in [1.29, 1.82) is 0 Å². The van der Waals surface area contributed by atoms with Gasteiger partial charge in [0.1, 0.15) is 5.76 Å². The average Bonchev–Trinajstić information content (AvgIpc) is 2.66. The fourth-order valence-corrected chi connectivity index (χ4v) is 2.01. The van der Waals surface area contributed by atoms with Crippen LogP contribution in [0.25, 0.3) is 0 Å². The first-order valence-corrected chi connectivity index (χ1v) is 6.54. The number of nitrogens with one attached hydrogen (secondary N) is 1. The molecule has 16 heavy (non-hydrogen) atoms. The molecule has 1 aromatic carbocycles. The van der Waals surface area contributed by atoms with Gasteiger partial charge in [-0.1, -0.05) is 11.6 Å². The van der Waals surface area contributed by atoms with E-state index in [2.05, 4.69) is 37.2 Å². The fourth-order valence-electron chi connectivity index (χ4n) is 1.24. The Morgan fingerprint density at radius 3 is 2.62 bits per heavy atom. The second kappa shape index (κ2) is 5.25. The molecule has 0 amide bonds. The van der Waals surface area contributed by atoms with Crippen molar-refractivity contribution in [1.82, 2.24) is 0 Å². The Balaban J connectivity index is 2.02. The molecule has 2 rings (SSSR count). The summed E-state index contributed by atoms with van der Waals surface area (Å²) in [4.78, 5) is 0. The van der Waals surface area contributed by atoms with Crippen molar-refractivity contribution < 1.29 is 4.42 Å². The summed E-state index contributed by atoms with van der Waals surface area (Å²) in [5.41, 5.74) is 0.959. The molecule has 0 unspecified atom stereocenters. The molecule has 1 heterocycles. The lowest BCUT2D eigenvalue weighted by atomic mass is 10.3. The van der Waals surface area contributed by atoms with Crippen molar-refractivity contribution in [3.05, 3.63) is 50.3 Å². The van der Waals surface area contributed by atoms with Crippen molar-refractivity contribution in [2.24, 2.45) is 0 Å².